The van der Waals surface area contributed by atoms with Crippen molar-refractivity contribution < 1.29 is 0 Å². The first-order chi connectivity index (χ1) is 13.3. The molecule has 2 aromatic carbocycles. The van der Waals surface area contributed by atoms with Gasteiger partial charge in [-0.1, -0.05) is 52.3 Å². The molecule has 0 radical (unpaired) electrons. The Hall–Kier alpha value is -2.70. The molecule has 0 unspecified atom stereocenters. The van der Waals surface area contributed by atoms with Crippen LogP contribution in [0, 0.1) is 0 Å². The third-order valence-electron chi connectivity index (χ3n) is 4.11. The van der Waals surface area contributed by atoms with Gasteiger partial charge >= 0.3 is 0 Å². The normalized spacial score (nSPS) is 12.3. The molecule has 0 aliphatic heterocycles. The van der Waals surface area contributed by atoms with Crippen molar-refractivity contribution in [3.05, 3.63) is 87.6 Å². The molecule has 2 aromatic heterocycles. The Morgan fingerprint density at radius 3 is 2.78 bits per heavy atom. The Balaban J connectivity index is 1.81. The van der Waals surface area contributed by atoms with E-state index in [2.05, 4.69) is 62.1 Å². The van der Waals surface area contributed by atoms with Gasteiger partial charge in [0.1, 0.15) is 0 Å². The van der Waals surface area contributed by atoms with E-state index in [-0.39, 0.29) is 0 Å². The van der Waals surface area contributed by atoms with Gasteiger partial charge in [0.15, 0.2) is 0 Å². The standard InChI is InChI=1S/C21H17BrN4S/c1-2-11-23-21-26(20(14-27-21)15-7-9-17(22)10-8-15)25-13-16-12-24-19-6-4-3-5-18(16)19/h2-10,12-14,24H,1,11H2. The van der Waals surface area contributed by atoms with E-state index in [1.165, 1.54) is 0 Å². The molecule has 0 bridgehead atoms. The summed E-state index contributed by atoms with van der Waals surface area (Å²) >= 11 is 5.06. The summed E-state index contributed by atoms with van der Waals surface area (Å²) in [7, 11) is 0. The van der Waals surface area contributed by atoms with Crippen LogP contribution < -0.4 is 4.80 Å². The topological polar surface area (TPSA) is 45.4 Å². The lowest BCUT2D eigenvalue weighted by Crippen LogP contribution is -2.12. The lowest BCUT2D eigenvalue weighted by Gasteiger charge is -2.03. The Labute approximate surface area is 169 Å². The number of aromatic amines is 1. The number of H-pyrrole nitrogens is 1. The van der Waals surface area contributed by atoms with Gasteiger partial charge in [-0.25, -0.2) is 4.68 Å². The molecule has 1 N–H and O–H groups in total. The van der Waals surface area contributed by atoms with Gasteiger partial charge in [-0.2, -0.15) is 5.10 Å². The minimum atomic E-state index is 0.558. The largest absolute Gasteiger partial charge is 0.361 e. The van der Waals surface area contributed by atoms with Crippen LogP contribution in [0.25, 0.3) is 22.2 Å². The lowest BCUT2D eigenvalue weighted by molar-refractivity contribution is 0.840. The number of aromatic nitrogens is 2. The number of para-hydroxylation sites is 1. The molecular formula is C21H17BrN4S. The van der Waals surface area contributed by atoms with Crippen LogP contribution in [0.4, 0.5) is 0 Å². The fourth-order valence-electron chi connectivity index (χ4n) is 2.80. The SMILES string of the molecule is C=CCN=c1scc(-c2ccc(Br)cc2)n1N=Cc1c[nH]c2ccccc12. The van der Waals surface area contributed by atoms with Crippen molar-refractivity contribution >= 4 is 44.4 Å². The summed E-state index contributed by atoms with van der Waals surface area (Å²) in [6.07, 6.45) is 5.63. The number of fused-ring (bicyclic) bond motifs is 1. The molecular weight excluding hydrogens is 420 g/mol. The summed E-state index contributed by atoms with van der Waals surface area (Å²) in [5, 5.41) is 7.98. The van der Waals surface area contributed by atoms with Crippen molar-refractivity contribution in [3.63, 3.8) is 0 Å². The fourth-order valence-corrected chi connectivity index (χ4v) is 3.91. The number of hydrogen-bond acceptors (Lipinski definition) is 3. The third kappa shape index (κ3) is 3.72. The van der Waals surface area contributed by atoms with Crippen molar-refractivity contribution in [2.24, 2.45) is 10.1 Å². The molecule has 0 aliphatic rings. The molecule has 0 fully saturated rings. The molecule has 0 amide bonds. The third-order valence-corrected chi connectivity index (χ3v) is 5.50. The maximum atomic E-state index is 4.75. The van der Waals surface area contributed by atoms with E-state index in [1.54, 1.807) is 17.4 Å². The van der Waals surface area contributed by atoms with Crippen LogP contribution in [0.1, 0.15) is 5.56 Å². The first kappa shape index (κ1) is 17.7. The highest BCUT2D eigenvalue weighted by molar-refractivity contribution is 9.10. The quantitative estimate of drug-likeness (QED) is 0.320. The van der Waals surface area contributed by atoms with Crippen LogP contribution in [0.5, 0.6) is 0 Å². The second-order valence-corrected chi connectivity index (χ2v) is 7.64. The predicted molar refractivity (Wildman–Crippen MR) is 117 cm³/mol. The molecule has 4 rings (SSSR count). The van der Waals surface area contributed by atoms with Crippen molar-refractivity contribution in [3.8, 4) is 11.3 Å². The van der Waals surface area contributed by atoms with E-state index in [9.17, 15) is 0 Å². The molecule has 27 heavy (non-hydrogen) atoms. The highest BCUT2D eigenvalue weighted by Crippen LogP contribution is 2.23. The van der Waals surface area contributed by atoms with E-state index in [1.807, 2.05) is 41.4 Å². The number of thiazole rings is 1. The summed E-state index contributed by atoms with van der Waals surface area (Å²) in [4.78, 5) is 8.70. The minimum Gasteiger partial charge on any atom is -0.361 e. The molecule has 4 aromatic rings. The van der Waals surface area contributed by atoms with Gasteiger partial charge in [-0.15, -0.1) is 17.9 Å². The van der Waals surface area contributed by atoms with Crippen LogP contribution in [-0.2, 0) is 0 Å². The summed E-state index contributed by atoms with van der Waals surface area (Å²) < 4.78 is 2.94. The highest BCUT2D eigenvalue weighted by atomic mass is 79.9. The van der Waals surface area contributed by atoms with Crippen LogP contribution in [0.2, 0.25) is 0 Å². The molecule has 0 saturated heterocycles. The molecule has 2 heterocycles. The number of halogens is 1. The van der Waals surface area contributed by atoms with E-state index in [0.717, 1.165) is 37.0 Å². The van der Waals surface area contributed by atoms with Crippen molar-refractivity contribution in [1.29, 1.82) is 0 Å². The average molecular weight is 437 g/mol. The van der Waals surface area contributed by atoms with Gasteiger partial charge in [-0.05, 0) is 18.2 Å². The van der Waals surface area contributed by atoms with Gasteiger partial charge in [0, 0.05) is 38.1 Å². The van der Waals surface area contributed by atoms with Crippen LogP contribution in [0.15, 0.2) is 87.3 Å². The molecule has 0 aliphatic carbocycles. The summed E-state index contributed by atoms with van der Waals surface area (Å²) in [6, 6.07) is 16.4. The van der Waals surface area contributed by atoms with Crippen LogP contribution in [-0.4, -0.2) is 22.4 Å². The number of nitrogens with one attached hydrogen (secondary N) is 1. The van der Waals surface area contributed by atoms with Gasteiger partial charge in [0.05, 0.1) is 18.5 Å². The van der Waals surface area contributed by atoms with Crippen molar-refractivity contribution in [2.45, 2.75) is 0 Å². The van der Waals surface area contributed by atoms with Crippen molar-refractivity contribution in [2.75, 3.05) is 6.54 Å². The molecule has 6 heteroatoms. The highest BCUT2D eigenvalue weighted by Gasteiger charge is 2.08. The molecule has 0 atom stereocenters. The molecule has 4 nitrogen and oxygen atoms in total. The number of nitrogens with zero attached hydrogens (tertiary/aromatic N) is 3. The Kier molecular flexibility index (Phi) is 5.18. The van der Waals surface area contributed by atoms with Gasteiger partial charge < -0.3 is 4.98 Å². The zero-order chi connectivity index (χ0) is 18.6. The number of hydrogen-bond donors (Lipinski definition) is 1. The Morgan fingerprint density at radius 2 is 1.96 bits per heavy atom. The van der Waals surface area contributed by atoms with E-state index < -0.39 is 0 Å². The maximum absolute atomic E-state index is 4.75. The smallest absolute Gasteiger partial charge is 0.206 e. The van der Waals surface area contributed by atoms with Crippen LogP contribution in [0.3, 0.4) is 0 Å². The monoisotopic (exact) mass is 436 g/mol. The maximum Gasteiger partial charge on any atom is 0.206 e. The van der Waals surface area contributed by atoms with Gasteiger partial charge in [0.2, 0.25) is 4.80 Å². The molecule has 134 valence electrons. The summed E-state index contributed by atoms with van der Waals surface area (Å²) in [5.41, 5.74) is 4.23. The first-order valence-electron chi connectivity index (χ1n) is 8.44. The van der Waals surface area contributed by atoms with Gasteiger partial charge in [-0.3, -0.25) is 4.99 Å². The molecule has 0 saturated carbocycles. The summed E-state index contributed by atoms with van der Waals surface area (Å²) in [6.45, 7) is 4.31. The van der Waals surface area contributed by atoms with E-state index in [4.69, 9.17) is 5.10 Å². The average Bonchev–Trinajstić information content (AvgIpc) is 3.29. The second-order valence-electron chi connectivity index (χ2n) is 5.89. The second kappa shape index (κ2) is 7.90. The number of benzene rings is 2. The van der Waals surface area contributed by atoms with Crippen molar-refractivity contribution in [1.82, 2.24) is 9.66 Å². The Bertz CT molecular complexity index is 1180. The van der Waals surface area contributed by atoms with Gasteiger partial charge in [0.25, 0.3) is 0 Å². The predicted octanol–water partition coefficient (Wildman–Crippen LogP) is 5.43. The van der Waals surface area contributed by atoms with Crippen LogP contribution >= 0.6 is 27.3 Å². The zero-order valence-electron chi connectivity index (χ0n) is 14.5. The zero-order valence-corrected chi connectivity index (χ0v) is 16.9. The Morgan fingerprint density at radius 1 is 1.15 bits per heavy atom. The summed E-state index contributed by atoms with van der Waals surface area (Å²) in [5.74, 6) is 0. The molecule has 0 spiro atoms. The van der Waals surface area contributed by atoms with E-state index >= 15 is 0 Å². The first-order valence-corrected chi connectivity index (χ1v) is 10.1. The minimum absolute atomic E-state index is 0.558. The number of rotatable bonds is 5. The lowest BCUT2D eigenvalue weighted by atomic mass is 10.2. The fraction of sp³-hybridized carbons (Fsp3) is 0.0476. The van der Waals surface area contributed by atoms with E-state index in [0.29, 0.717) is 6.54 Å².